The molecule has 0 spiro atoms. The number of carbonyl (C=O) groups is 1. The maximum Gasteiger partial charge on any atom is 0.407 e. The van der Waals surface area contributed by atoms with Crippen molar-refractivity contribution in [3.05, 3.63) is 113 Å². The van der Waals surface area contributed by atoms with E-state index in [-0.39, 0.29) is 36.9 Å². The van der Waals surface area contributed by atoms with E-state index in [4.69, 9.17) is 4.74 Å². The van der Waals surface area contributed by atoms with E-state index in [1.807, 2.05) is 79.1 Å². The summed E-state index contributed by atoms with van der Waals surface area (Å²) in [5, 5.41) is 14.1. The molecule has 0 fully saturated rings. The highest BCUT2D eigenvalue weighted by Crippen LogP contribution is 2.27. The number of aliphatic hydroxyl groups is 1. The Morgan fingerprint density at radius 1 is 1.04 bits per heavy atom. The summed E-state index contributed by atoms with van der Waals surface area (Å²) >= 11 is 1.36. The lowest BCUT2D eigenvalue weighted by Crippen LogP contribution is -2.52. The van der Waals surface area contributed by atoms with Gasteiger partial charge in [-0.05, 0) is 41.7 Å². The predicted molar refractivity (Wildman–Crippen MR) is 174 cm³/mol. The zero-order valence-corrected chi connectivity index (χ0v) is 26.8. The van der Waals surface area contributed by atoms with E-state index in [1.54, 1.807) is 36.2 Å². The van der Waals surface area contributed by atoms with Crippen LogP contribution < -0.4 is 5.32 Å². The van der Waals surface area contributed by atoms with Crippen molar-refractivity contribution < 1.29 is 23.1 Å². The molecule has 3 aromatic carbocycles. The minimum absolute atomic E-state index is 0.0464. The van der Waals surface area contributed by atoms with Gasteiger partial charge in [-0.2, -0.15) is 4.31 Å². The molecule has 1 amide bonds. The summed E-state index contributed by atoms with van der Waals surface area (Å²) in [6.45, 7) is 4.41. The third-order valence-electron chi connectivity index (χ3n) is 7.33. The van der Waals surface area contributed by atoms with E-state index in [0.29, 0.717) is 17.6 Å². The molecule has 2 heterocycles. The smallest absolute Gasteiger partial charge is 0.407 e. The molecular weight excluding hydrogens is 611 g/mol. The van der Waals surface area contributed by atoms with Crippen molar-refractivity contribution in [3.63, 3.8) is 0 Å². The van der Waals surface area contributed by atoms with Crippen LogP contribution in [0.4, 0.5) is 4.79 Å². The largest absolute Gasteiger partial charge is 0.444 e. The van der Waals surface area contributed by atoms with Gasteiger partial charge in [-0.3, -0.25) is 4.98 Å². The second-order valence-corrected chi connectivity index (χ2v) is 14.1. The number of amides is 1. The first-order valence-corrected chi connectivity index (χ1v) is 17.0. The highest BCUT2D eigenvalue weighted by Gasteiger charge is 2.37. The molecule has 0 bridgehead atoms. The number of nitrogens with one attached hydrogen (secondary N) is 1. The minimum Gasteiger partial charge on any atom is -0.444 e. The minimum atomic E-state index is -4.12. The van der Waals surface area contributed by atoms with Crippen molar-refractivity contribution in [1.29, 1.82) is 0 Å². The number of sulfonamides is 1. The quantitative estimate of drug-likeness (QED) is 0.172. The molecule has 2 atom stereocenters. The number of imidazole rings is 1. The molecule has 2 N–H and O–H groups in total. The Kier molecular flexibility index (Phi) is 10.6. The summed E-state index contributed by atoms with van der Waals surface area (Å²) in [6.07, 6.45) is 1.61. The molecule has 0 aliphatic carbocycles. The van der Waals surface area contributed by atoms with Crippen LogP contribution in [0.2, 0.25) is 0 Å². The monoisotopic (exact) mass is 647 g/mol. The van der Waals surface area contributed by atoms with Crippen LogP contribution in [-0.4, -0.2) is 63.7 Å². The summed E-state index contributed by atoms with van der Waals surface area (Å²) in [7, 11) is -4.12. The second-order valence-electron chi connectivity index (χ2n) is 11.2. The summed E-state index contributed by atoms with van der Waals surface area (Å²) in [6, 6.07) is 23.3. The van der Waals surface area contributed by atoms with Gasteiger partial charge in [0.1, 0.15) is 6.61 Å². The molecule has 0 saturated carbocycles. The lowest BCUT2D eigenvalue weighted by Gasteiger charge is -2.35. The number of ether oxygens (including phenoxy) is 1. The Morgan fingerprint density at radius 3 is 2.42 bits per heavy atom. The molecule has 236 valence electrons. The van der Waals surface area contributed by atoms with Crippen molar-refractivity contribution in [2.45, 2.75) is 50.5 Å². The highest BCUT2D eigenvalue weighted by atomic mass is 32.2. The molecular formula is C33H37N5O5S2. The maximum absolute atomic E-state index is 14.5. The third-order valence-corrected chi connectivity index (χ3v) is 9.97. The van der Waals surface area contributed by atoms with Gasteiger partial charge in [0.05, 0.1) is 44.8 Å². The fourth-order valence-electron chi connectivity index (χ4n) is 5.12. The molecule has 0 saturated heterocycles. The zero-order valence-electron chi connectivity index (χ0n) is 25.2. The van der Waals surface area contributed by atoms with Gasteiger partial charge in [0.15, 0.2) is 0 Å². The molecule has 10 nitrogen and oxygen atoms in total. The van der Waals surface area contributed by atoms with Gasteiger partial charge in [-0.15, -0.1) is 11.3 Å². The molecule has 0 aliphatic heterocycles. The number of aliphatic hydroxyl groups excluding tert-OH is 1. The number of aromatic nitrogens is 3. The summed E-state index contributed by atoms with van der Waals surface area (Å²) in [5.41, 5.74) is 4.94. The molecule has 45 heavy (non-hydrogen) atoms. The third kappa shape index (κ3) is 8.34. The number of hydrogen-bond acceptors (Lipinski definition) is 8. The number of fused-ring (bicyclic) bond motifs is 1. The predicted octanol–water partition coefficient (Wildman–Crippen LogP) is 5.09. The van der Waals surface area contributed by atoms with Gasteiger partial charge in [0.25, 0.3) is 0 Å². The van der Waals surface area contributed by atoms with Crippen LogP contribution >= 0.6 is 11.3 Å². The molecule has 12 heteroatoms. The van der Waals surface area contributed by atoms with Crippen LogP contribution in [0.15, 0.2) is 102 Å². The normalized spacial score (nSPS) is 13.3. The number of hydrogen-bond donors (Lipinski definition) is 2. The standard InChI is InChI=1S/C33H37N5O5S2/c1-24(2)19-38(45(41,42)28-13-14-29-30(16-28)37(22-36-29)20-26-11-7-4-8-12-26)31(15-25-9-5-3-6-10-25)32(39)18-35-33(40)43-21-27-17-34-23-44-27/h3-14,16-17,22-24,31-32,39H,15,18-21H2,1-2H3,(H,35,40). The first kappa shape index (κ1) is 32.3. The van der Waals surface area contributed by atoms with Gasteiger partial charge in [-0.1, -0.05) is 74.5 Å². The molecule has 2 unspecified atom stereocenters. The van der Waals surface area contributed by atoms with E-state index in [9.17, 15) is 18.3 Å². The maximum atomic E-state index is 14.5. The molecule has 0 aliphatic rings. The number of alkyl carbamates (subject to hydrolysis) is 1. The summed E-state index contributed by atoms with van der Waals surface area (Å²) in [5.74, 6) is -0.0464. The Bertz CT molecular complexity index is 1780. The van der Waals surface area contributed by atoms with Crippen LogP contribution in [0.1, 0.15) is 29.9 Å². The lowest BCUT2D eigenvalue weighted by atomic mass is 10.0. The van der Waals surface area contributed by atoms with Crippen molar-refractivity contribution in [1.82, 2.24) is 24.2 Å². The van der Waals surface area contributed by atoms with E-state index >= 15 is 0 Å². The number of nitrogens with zero attached hydrogens (tertiary/aromatic N) is 4. The first-order valence-electron chi connectivity index (χ1n) is 14.7. The van der Waals surface area contributed by atoms with E-state index in [1.165, 1.54) is 15.6 Å². The molecule has 5 aromatic rings. The Morgan fingerprint density at radius 2 is 1.76 bits per heavy atom. The van der Waals surface area contributed by atoms with Gasteiger partial charge in [-0.25, -0.2) is 18.2 Å². The number of thiazole rings is 1. The zero-order chi connectivity index (χ0) is 31.8. The Balaban J connectivity index is 1.43. The molecule has 5 rings (SSSR count). The van der Waals surface area contributed by atoms with Gasteiger partial charge >= 0.3 is 6.09 Å². The van der Waals surface area contributed by atoms with E-state index in [0.717, 1.165) is 16.0 Å². The molecule has 0 radical (unpaired) electrons. The number of carbonyl (C=O) groups excluding carboxylic acids is 1. The topological polar surface area (TPSA) is 127 Å². The first-order chi connectivity index (χ1) is 21.7. The Labute approximate surface area is 267 Å². The molecule has 2 aromatic heterocycles. The highest BCUT2D eigenvalue weighted by molar-refractivity contribution is 7.89. The van der Waals surface area contributed by atoms with Gasteiger partial charge in [0, 0.05) is 25.8 Å². The summed E-state index contributed by atoms with van der Waals surface area (Å²) in [4.78, 5) is 21.8. The second kappa shape index (κ2) is 14.8. The van der Waals surface area contributed by atoms with Crippen molar-refractivity contribution in [3.8, 4) is 0 Å². The number of rotatable bonds is 14. The summed E-state index contributed by atoms with van der Waals surface area (Å²) < 4.78 is 37.5. The van der Waals surface area contributed by atoms with E-state index < -0.39 is 28.3 Å². The van der Waals surface area contributed by atoms with Crippen LogP contribution in [0, 0.1) is 5.92 Å². The van der Waals surface area contributed by atoms with Gasteiger partial charge < -0.3 is 19.7 Å². The van der Waals surface area contributed by atoms with Crippen LogP contribution in [0.25, 0.3) is 11.0 Å². The average Bonchev–Trinajstić information content (AvgIpc) is 3.71. The fraction of sp³-hybridized carbons (Fsp3) is 0.303. The Hall–Kier alpha value is -4.10. The fourth-order valence-corrected chi connectivity index (χ4v) is 7.46. The van der Waals surface area contributed by atoms with Crippen LogP contribution in [-0.2, 0) is 34.3 Å². The van der Waals surface area contributed by atoms with Crippen molar-refractivity contribution >= 4 is 38.5 Å². The lowest BCUT2D eigenvalue weighted by molar-refractivity contribution is 0.0786. The van der Waals surface area contributed by atoms with Crippen molar-refractivity contribution in [2.24, 2.45) is 5.92 Å². The van der Waals surface area contributed by atoms with Crippen LogP contribution in [0.5, 0.6) is 0 Å². The van der Waals surface area contributed by atoms with Crippen molar-refractivity contribution in [2.75, 3.05) is 13.1 Å². The van der Waals surface area contributed by atoms with Crippen LogP contribution in [0.3, 0.4) is 0 Å². The van der Waals surface area contributed by atoms with E-state index in [2.05, 4.69) is 15.3 Å². The van der Waals surface area contributed by atoms with Gasteiger partial charge in [0.2, 0.25) is 10.0 Å². The number of benzene rings is 3. The average molecular weight is 648 g/mol. The SMILES string of the molecule is CC(C)CN(C(Cc1ccccc1)C(O)CNC(=O)OCc1cncs1)S(=O)(=O)c1ccc2ncn(Cc3ccccc3)c2c1.